The maximum atomic E-state index is 12.3. The van der Waals surface area contributed by atoms with Gasteiger partial charge >= 0.3 is 6.03 Å². The summed E-state index contributed by atoms with van der Waals surface area (Å²) in [6.07, 6.45) is 2.28. The number of nitrogens with one attached hydrogen (secondary N) is 2. The minimum absolute atomic E-state index is 0.184. The molecule has 6 heteroatoms. The molecule has 21 heavy (non-hydrogen) atoms. The van der Waals surface area contributed by atoms with Gasteiger partial charge in [0.15, 0.2) is 6.04 Å². The molecule has 0 aromatic heterocycles. The lowest BCUT2D eigenvalue weighted by Crippen LogP contribution is -2.89. The number of hydrogen-bond donors (Lipinski definition) is 3. The lowest BCUT2D eigenvalue weighted by molar-refractivity contribution is -0.688. The highest BCUT2D eigenvalue weighted by molar-refractivity contribution is 5.96. The normalized spacial score (nSPS) is 19.0. The average Bonchev–Trinajstić information content (AvgIpc) is 3.01. The second-order valence-corrected chi connectivity index (χ2v) is 5.06. The summed E-state index contributed by atoms with van der Waals surface area (Å²) in [7, 11) is 1.48. The van der Waals surface area contributed by atoms with Gasteiger partial charge in [0.05, 0.1) is 0 Å². The van der Waals surface area contributed by atoms with E-state index in [9.17, 15) is 9.59 Å². The highest BCUT2D eigenvalue weighted by Gasteiger charge is 2.27. The van der Waals surface area contributed by atoms with Crippen molar-refractivity contribution in [3.05, 3.63) is 35.9 Å². The zero-order chi connectivity index (χ0) is 15.1. The molecule has 1 saturated heterocycles. The lowest BCUT2D eigenvalue weighted by Gasteiger charge is -2.17. The van der Waals surface area contributed by atoms with E-state index in [1.54, 1.807) is 0 Å². The molecule has 1 aromatic carbocycles. The topological polar surface area (TPSA) is 84.0 Å². The minimum Gasteiger partial charge on any atom is -0.372 e. The Balaban J connectivity index is 2.02. The molecule has 1 fully saturated rings. The predicted octanol–water partition coefficient (Wildman–Crippen LogP) is -0.0743. The standard InChI is InChI=1S/C15H21N3O3/c1-16-15(20)18-14(19)13(11-6-3-2-4-7-11)17-10-12-8-5-9-21-12/h2-4,6-7,12-13,17H,5,8-10H2,1H3,(H2,16,18,19,20)/p+1/t12-,13+/m1/s1. The first-order chi connectivity index (χ1) is 10.2. The summed E-state index contributed by atoms with van der Waals surface area (Å²) < 4.78 is 5.58. The zero-order valence-corrected chi connectivity index (χ0v) is 12.2. The molecule has 2 atom stereocenters. The van der Waals surface area contributed by atoms with Crippen LogP contribution in [0.1, 0.15) is 24.4 Å². The van der Waals surface area contributed by atoms with Crippen LogP contribution in [0.25, 0.3) is 0 Å². The second kappa shape index (κ2) is 7.75. The van der Waals surface area contributed by atoms with Gasteiger partial charge in [-0.05, 0) is 12.8 Å². The first kappa shape index (κ1) is 15.5. The number of urea groups is 1. The average molecular weight is 292 g/mol. The van der Waals surface area contributed by atoms with E-state index in [1.165, 1.54) is 7.05 Å². The molecule has 6 nitrogen and oxygen atoms in total. The molecule has 0 aliphatic carbocycles. The predicted molar refractivity (Wildman–Crippen MR) is 77.5 cm³/mol. The third-order valence-corrected chi connectivity index (χ3v) is 3.56. The number of benzene rings is 1. The molecule has 0 bridgehead atoms. The minimum atomic E-state index is -0.494. The van der Waals surface area contributed by atoms with E-state index in [-0.39, 0.29) is 12.0 Å². The van der Waals surface area contributed by atoms with E-state index in [4.69, 9.17) is 4.74 Å². The lowest BCUT2D eigenvalue weighted by atomic mass is 10.1. The van der Waals surface area contributed by atoms with Gasteiger partial charge < -0.3 is 15.4 Å². The van der Waals surface area contributed by atoms with Gasteiger partial charge in [0.1, 0.15) is 12.6 Å². The number of quaternary nitrogens is 1. The van der Waals surface area contributed by atoms with Crippen LogP contribution >= 0.6 is 0 Å². The first-order valence-corrected chi connectivity index (χ1v) is 7.23. The zero-order valence-electron chi connectivity index (χ0n) is 12.2. The number of nitrogens with two attached hydrogens (primary N) is 1. The van der Waals surface area contributed by atoms with Crippen LogP contribution < -0.4 is 16.0 Å². The van der Waals surface area contributed by atoms with Crippen molar-refractivity contribution in [3.8, 4) is 0 Å². The Labute approximate surface area is 124 Å². The van der Waals surface area contributed by atoms with Crippen molar-refractivity contribution in [2.24, 2.45) is 0 Å². The molecule has 114 valence electrons. The van der Waals surface area contributed by atoms with Crippen LogP contribution in [-0.4, -0.2) is 38.2 Å². The maximum Gasteiger partial charge on any atom is 0.321 e. The van der Waals surface area contributed by atoms with E-state index >= 15 is 0 Å². The Morgan fingerprint density at radius 3 is 2.76 bits per heavy atom. The van der Waals surface area contributed by atoms with Gasteiger partial charge in [0, 0.05) is 19.2 Å². The molecular weight excluding hydrogens is 270 g/mol. The summed E-state index contributed by atoms with van der Waals surface area (Å²) in [5, 5.41) is 6.67. The highest BCUT2D eigenvalue weighted by Crippen LogP contribution is 2.11. The van der Waals surface area contributed by atoms with Gasteiger partial charge in [-0.25, -0.2) is 4.79 Å². The van der Waals surface area contributed by atoms with Crippen LogP contribution in [0.3, 0.4) is 0 Å². The molecule has 4 N–H and O–H groups in total. The van der Waals surface area contributed by atoms with Gasteiger partial charge in [-0.15, -0.1) is 0 Å². The molecule has 0 unspecified atom stereocenters. The van der Waals surface area contributed by atoms with E-state index in [1.807, 2.05) is 35.6 Å². The Bertz CT molecular complexity index is 472. The van der Waals surface area contributed by atoms with Crippen molar-refractivity contribution < 1.29 is 19.6 Å². The molecule has 1 heterocycles. The smallest absolute Gasteiger partial charge is 0.321 e. The Morgan fingerprint density at radius 1 is 1.38 bits per heavy atom. The van der Waals surface area contributed by atoms with Gasteiger partial charge in [-0.1, -0.05) is 30.3 Å². The van der Waals surface area contributed by atoms with Gasteiger partial charge in [0.2, 0.25) is 0 Å². The molecule has 3 amide bonds. The van der Waals surface area contributed by atoms with E-state index in [0.717, 1.165) is 25.0 Å². The van der Waals surface area contributed by atoms with Crippen molar-refractivity contribution >= 4 is 11.9 Å². The molecule has 0 spiro atoms. The fraction of sp³-hybridized carbons (Fsp3) is 0.467. The summed E-state index contributed by atoms with van der Waals surface area (Å²) in [5.41, 5.74) is 0.872. The summed E-state index contributed by atoms with van der Waals surface area (Å²) in [6, 6.07) is 8.50. The number of ether oxygens (including phenoxy) is 1. The number of amides is 3. The number of hydrogen-bond acceptors (Lipinski definition) is 3. The number of imide groups is 1. The number of carbonyl (C=O) groups is 2. The number of rotatable bonds is 5. The fourth-order valence-electron chi connectivity index (χ4n) is 2.43. The summed E-state index contributed by atoms with van der Waals surface area (Å²) in [5.74, 6) is -0.321. The van der Waals surface area contributed by atoms with Crippen LogP contribution in [0.5, 0.6) is 0 Å². The third-order valence-electron chi connectivity index (χ3n) is 3.56. The van der Waals surface area contributed by atoms with Gasteiger partial charge in [0.25, 0.3) is 5.91 Å². The van der Waals surface area contributed by atoms with Crippen molar-refractivity contribution in [2.75, 3.05) is 20.2 Å². The van der Waals surface area contributed by atoms with Crippen molar-refractivity contribution in [1.82, 2.24) is 10.6 Å². The van der Waals surface area contributed by atoms with Crippen LogP contribution in [0.4, 0.5) is 4.79 Å². The number of carbonyl (C=O) groups excluding carboxylic acids is 2. The SMILES string of the molecule is CNC(=O)NC(=O)[C@@H]([NH2+]C[C@H]1CCCO1)c1ccccc1. The quantitative estimate of drug-likeness (QED) is 0.710. The molecule has 0 saturated carbocycles. The van der Waals surface area contributed by atoms with Crippen molar-refractivity contribution in [2.45, 2.75) is 25.0 Å². The molecule has 1 aromatic rings. The maximum absolute atomic E-state index is 12.3. The summed E-state index contributed by atoms with van der Waals surface area (Å²) in [6.45, 7) is 1.50. The molecular formula is C15H22N3O3+. The van der Waals surface area contributed by atoms with Crippen LogP contribution in [-0.2, 0) is 9.53 Å². The first-order valence-electron chi connectivity index (χ1n) is 7.23. The van der Waals surface area contributed by atoms with Crippen LogP contribution in [0.2, 0.25) is 0 Å². The molecule has 1 aliphatic heterocycles. The largest absolute Gasteiger partial charge is 0.372 e. The highest BCUT2D eigenvalue weighted by atomic mass is 16.5. The van der Waals surface area contributed by atoms with E-state index < -0.39 is 12.1 Å². The fourth-order valence-corrected chi connectivity index (χ4v) is 2.43. The van der Waals surface area contributed by atoms with Gasteiger partial charge in [-0.2, -0.15) is 0 Å². The van der Waals surface area contributed by atoms with Crippen LogP contribution in [0, 0.1) is 0 Å². The monoisotopic (exact) mass is 292 g/mol. The van der Waals surface area contributed by atoms with Crippen LogP contribution in [0.15, 0.2) is 30.3 Å². The molecule has 1 aliphatic rings. The van der Waals surface area contributed by atoms with E-state index in [2.05, 4.69) is 10.6 Å². The van der Waals surface area contributed by atoms with Gasteiger partial charge in [-0.3, -0.25) is 10.1 Å². The van der Waals surface area contributed by atoms with E-state index in [0.29, 0.717) is 6.54 Å². The Hall–Kier alpha value is -1.92. The second-order valence-electron chi connectivity index (χ2n) is 5.06. The van der Waals surface area contributed by atoms with Crippen molar-refractivity contribution in [3.63, 3.8) is 0 Å². The molecule has 0 radical (unpaired) electrons. The third kappa shape index (κ3) is 4.54. The Morgan fingerprint density at radius 2 is 2.14 bits per heavy atom. The summed E-state index contributed by atoms with van der Waals surface area (Å²) >= 11 is 0. The summed E-state index contributed by atoms with van der Waals surface area (Å²) in [4.78, 5) is 23.6. The van der Waals surface area contributed by atoms with Crippen molar-refractivity contribution in [1.29, 1.82) is 0 Å². The Kier molecular flexibility index (Phi) is 5.71. The molecule has 2 rings (SSSR count).